The molecule has 0 bridgehead atoms. The number of thiophene rings is 1. The number of nitrogens with zero attached hydrogens (tertiary/aromatic N) is 1. The van der Waals surface area contributed by atoms with Crippen molar-refractivity contribution in [1.82, 2.24) is 4.31 Å². The van der Waals surface area contributed by atoms with Crippen LogP contribution in [0.4, 0.5) is 0 Å². The normalized spacial score (nSPS) is 18.7. The molecule has 1 N–H and O–H groups in total. The van der Waals surface area contributed by atoms with Crippen molar-refractivity contribution in [2.24, 2.45) is 11.3 Å². The first-order valence-electron chi connectivity index (χ1n) is 10.2. The van der Waals surface area contributed by atoms with Crippen LogP contribution in [0.15, 0.2) is 24.3 Å². The number of fused-ring (bicyclic) bond motifs is 1. The van der Waals surface area contributed by atoms with Crippen LogP contribution in [-0.2, 0) is 19.4 Å². The maximum Gasteiger partial charge on any atom is 0.337 e. The molecular weight excluding hydrogens is 386 g/mol. The standard InChI is InChI=1S/C23H29NO2S2/c1-23(2)11-10-19-18(12-23)20(22(25)26)21(28-19)17-9-4-3-8-16(17)14-24(27)13-15-6-5-7-15/h3-4,8-9,15,27H,5-7,10-14H2,1-2H3,(H,25,26). The lowest BCUT2D eigenvalue weighted by Gasteiger charge is -2.29. The zero-order valence-corrected chi connectivity index (χ0v) is 18.4. The molecule has 1 saturated carbocycles. The Bertz CT molecular complexity index is 883. The minimum Gasteiger partial charge on any atom is -0.478 e. The maximum absolute atomic E-state index is 12.2. The molecule has 2 aliphatic carbocycles. The average molecular weight is 416 g/mol. The zero-order valence-electron chi connectivity index (χ0n) is 16.7. The van der Waals surface area contributed by atoms with Gasteiger partial charge in [-0.2, -0.15) is 0 Å². The van der Waals surface area contributed by atoms with Crippen molar-refractivity contribution in [3.05, 3.63) is 45.8 Å². The number of aryl methyl sites for hydroxylation is 1. The molecule has 1 aromatic heterocycles. The number of hydrogen-bond acceptors (Lipinski definition) is 4. The van der Waals surface area contributed by atoms with Crippen molar-refractivity contribution in [1.29, 1.82) is 0 Å². The summed E-state index contributed by atoms with van der Waals surface area (Å²) in [5.41, 5.74) is 3.99. The van der Waals surface area contributed by atoms with Gasteiger partial charge in [0, 0.05) is 22.8 Å². The van der Waals surface area contributed by atoms with E-state index in [1.807, 2.05) is 12.1 Å². The summed E-state index contributed by atoms with van der Waals surface area (Å²) < 4.78 is 2.10. The second kappa shape index (κ2) is 7.85. The molecule has 0 spiro atoms. The van der Waals surface area contributed by atoms with E-state index in [2.05, 4.69) is 30.3 Å². The topological polar surface area (TPSA) is 40.5 Å². The largest absolute Gasteiger partial charge is 0.478 e. The lowest BCUT2D eigenvalue weighted by molar-refractivity contribution is 0.0696. The summed E-state index contributed by atoms with van der Waals surface area (Å²) in [6.07, 6.45) is 6.89. The van der Waals surface area contributed by atoms with E-state index >= 15 is 0 Å². The summed E-state index contributed by atoms with van der Waals surface area (Å²) >= 11 is 6.40. The number of carbonyl (C=O) groups is 1. The van der Waals surface area contributed by atoms with Crippen LogP contribution in [0.3, 0.4) is 0 Å². The first-order valence-corrected chi connectivity index (χ1v) is 11.5. The van der Waals surface area contributed by atoms with Crippen LogP contribution >= 0.6 is 24.2 Å². The van der Waals surface area contributed by atoms with Gasteiger partial charge < -0.3 is 5.11 Å². The lowest BCUT2D eigenvalue weighted by Crippen LogP contribution is -2.26. The van der Waals surface area contributed by atoms with E-state index in [1.165, 1.54) is 24.1 Å². The molecule has 28 heavy (non-hydrogen) atoms. The summed E-state index contributed by atoms with van der Waals surface area (Å²) in [5, 5.41) is 10.1. The van der Waals surface area contributed by atoms with Crippen molar-refractivity contribution >= 4 is 30.1 Å². The van der Waals surface area contributed by atoms with Gasteiger partial charge in [0.25, 0.3) is 0 Å². The van der Waals surface area contributed by atoms with Crippen LogP contribution in [0.1, 0.15) is 65.9 Å². The first kappa shape index (κ1) is 20.0. The molecule has 1 fully saturated rings. The monoisotopic (exact) mass is 415 g/mol. The number of thiol groups is 1. The minimum absolute atomic E-state index is 0.166. The second-order valence-electron chi connectivity index (χ2n) is 9.16. The molecule has 2 aromatic rings. The van der Waals surface area contributed by atoms with Crippen molar-refractivity contribution in [3.63, 3.8) is 0 Å². The van der Waals surface area contributed by atoms with E-state index in [0.29, 0.717) is 5.56 Å². The van der Waals surface area contributed by atoms with Crippen molar-refractivity contribution < 1.29 is 9.90 Å². The smallest absolute Gasteiger partial charge is 0.337 e. The summed E-state index contributed by atoms with van der Waals surface area (Å²) in [6, 6.07) is 8.26. The molecule has 0 atom stereocenters. The quantitative estimate of drug-likeness (QED) is 0.562. The lowest BCUT2D eigenvalue weighted by atomic mass is 9.76. The highest BCUT2D eigenvalue weighted by molar-refractivity contribution is 7.77. The van der Waals surface area contributed by atoms with Gasteiger partial charge in [-0.15, -0.1) is 11.3 Å². The zero-order chi connectivity index (χ0) is 19.9. The Morgan fingerprint density at radius 1 is 1.32 bits per heavy atom. The minimum atomic E-state index is -0.794. The second-order valence-corrected chi connectivity index (χ2v) is 10.8. The van der Waals surface area contributed by atoms with Crippen LogP contribution in [0.25, 0.3) is 10.4 Å². The number of benzene rings is 1. The van der Waals surface area contributed by atoms with E-state index in [1.54, 1.807) is 11.3 Å². The number of carboxylic acids is 1. The molecule has 0 unspecified atom stereocenters. The SMILES string of the molecule is CC1(C)CCc2sc(-c3ccccc3CN(S)CC3CCC3)c(C(=O)O)c2C1. The van der Waals surface area contributed by atoms with Crippen molar-refractivity contribution in [2.75, 3.05) is 6.54 Å². The summed E-state index contributed by atoms with van der Waals surface area (Å²) in [7, 11) is 0. The molecule has 0 amide bonds. The Morgan fingerprint density at radius 2 is 2.07 bits per heavy atom. The molecule has 0 aliphatic heterocycles. The Balaban J connectivity index is 1.69. The van der Waals surface area contributed by atoms with E-state index in [-0.39, 0.29) is 5.41 Å². The van der Waals surface area contributed by atoms with E-state index < -0.39 is 5.97 Å². The van der Waals surface area contributed by atoms with Gasteiger partial charge in [0.15, 0.2) is 0 Å². The van der Waals surface area contributed by atoms with Crippen LogP contribution in [-0.4, -0.2) is 21.9 Å². The van der Waals surface area contributed by atoms with Crippen LogP contribution < -0.4 is 0 Å². The highest BCUT2D eigenvalue weighted by Gasteiger charge is 2.33. The number of aromatic carboxylic acids is 1. The van der Waals surface area contributed by atoms with Crippen LogP contribution in [0.2, 0.25) is 0 Å². The third-order valence-corrected chi connectivity index (χ3v) is 7.93. The molecule has 4 rings (SSSR count). The van der Waals surface area contributed by atoms with Gasteiger partial charge in [-0.1, -0.05) is 57.3 Å². The fraction of sp³-hybridized carbons (Fsp3) is 0.522. The molecule has 5 heteroatoms. The predicted octanol–water partition coefficient (Wildman–Crippen LogP) is 6.08. The van der Waals surface area contributed by atoms with Gasteiger partial charge in [-0.05, 0) is 60.1 Å². The predicted molar refractivity (Wildman–Crippen MR) is 119 cm³/mol. The Kier molecular flexibility index (Phi) is 5.60. The van der Waals surface area contributed by atoms with E-state index in [4.69, 9.17) is 12.8 Å². The Labute approximate surface area is 177 Å². The van der Waals surface area contributed by atoms with Gasteiger partial charge in [0.1, 0.15) is 0 Å². The molecular formula is C23H29NO2S2. The van der Waals surface area contributed by atoms with Gasteiger partial charge >= 0.3 is 5.97 Å². The van der Waals surface area contributed by atoms with Crippen LogP contribution in [0.5, 0.6) is 0 Å². The molecule has 150 valence electrons. The number of rotatable bonds is 6. The van der Waals surface area contributed by atoms with Crippen LogP contribution in [0, 0.1) is 11.3 Å². The molecule has 2 aliphatic rings. The highest BCUT2D eigenvalue weighted by atomic mass is 32.1. The third-order valence-electron chi connectivity index (χ3n) is 6.30. The fourth-order valence-corrected chi connectivity index (χ4v) is 6.20. The van der Waals surface area contributed by atoms with E-state index in [0.717, 1.165) is 59.8 Å². The molecule has 1 heterocycles. The number of hydrogen-bond donors (Lipinski definition) is 2. The maximum atomic E-state index is 12.2. The van der Waals surface area contributed by atoms with Gasteiger partial charge in [0.05, 0.1) is 5.56 Å². The first-order chi connectivity index (χ1) is 13.3. The summed E-state index contributed by atoms with van der Waals surface area (Å²) in [4.78, 5) is 14.4. The average Bonchev–Trinajstić information content (AvgIpc) is 2.96. The molecule has 3 nitrogen and oxygen atoms in total. The highest BCUT2D eigenvalue weighted by Crippen LogP contribution is 2.46. The van der Waals surface area contributed by atoms with E-state index in [9.17, 15) is 9.90 Å². The molecule has 0 saturated heterocycles. The fourth-order valence-electron chi connectivity index (χ4n) is 4.45. The Morgan fingerprint density at radius 3 is 2.75 bits per heavy atom. The summed E-state index contributed by atoms with van der Waals surface area (Å²) in [5.74, 6) is -0.0345. The van der Waals surface area contributed by atoms with Gasteiger partial charge in [-0.25, -0.2) is 9.10 Å². The summed E-state index contributed by atoms with van der Waals surface area (Å²) in [6.45, 7) is 6.22. The molecule has 1 aromatic carbocycles. The third kappa shape index (κ3) is 4.03. The Hall–Kier alpha value is -1.30. The van der Waals surface area contributed by atoms with Crippen molar-refractivity contribution in [3.8, 4) is 10.4 Å². The van der Waals surface area contributed by atoms with Gasteiger partial charge in [0.2, 0.25) is 0 Å². The van der Waals surface area contributed by atoms with Crippen molar-refractivity contribution in [2.45, 2.75) is 58.9 Å². The number of carboxylic acid groups (broad SMARTS) is 1. The molecule has 0 radical (unpaired) electrons. The van der Waals surface area contributed by atoms with Gasteiger partial charge in [-0.3, -0.25) is 0 Å².